The molecule has 34 heavy (non-hydrogen) atoms. The van der Waals surface area contributed by atoms with Crippen molar-refractivity contribution >= 4 is 28.9 Å². The molecule has 0 atom stereocenters. The van der Waals surface area contributed by atoms with Gasteiger partial charge in [0.2, 0.25) is 5.69 Å². The zero-order chi connectivity index (χ0) is 24.1. The maximum Gasteiger partial charge on any atom is 0.319 e. The predicted octanol–water partition coefficient (Wildman–Crippen LogP) is 4.31. The Balaban J connectivity index is 1.84. The predicted molar refractivity (Wildman–Crippen MR) is 126 cm³/mol. The first-order chi connectivity index (χ1) is 16.5. The number of H-pyrrole nitrogens is 1. The number of benzene rings is 2. The van der Waals surface area contributed by atoms with Crippen molar-refractivity contribution in [3.8, 4) is 5.75 Å². The van der Waals surface area contributed by atoms with Gasteiger partial charge in [0.05, 0.1) is 12.0 Å². The molecular weight excluding hydrogens is 438 g/mol. The van der Waals surface area contributed by atoms with Crippen LogP contribution in [0.4, 0.5) is 17.1 Å². The van der Waals surface area contributed by atoms with Gasteiger partial charge >= 0.3 is 5.69 Å². The van der Waals surface area contributed by atoms with Crippen molar-refractivity contribution in [2.75, 3.05) is 17.3 Å². The molecule has 1 fully saturated rings. The van der Waals surface area contributed by atoms with Gasteiger partial charge in [-0.15, -0.1) is 0 Å². The van der Waals surface area contributed by atoms with Gasteiger partial charge in [-0.1, -0.05) is 37.5 Å². The summed E-state index contributed by atoms with van der Waals surface area (Å²) in [5.41, 5.74) is -0.943. The van der Waals surface area contributed by atoms with Crippen LogP contribution in [0.5, 0.6) is 5.75 Å². The van der Waals surface area contributed by atoms with E-state index < -0.39 is 22.1 Å². The average Bonchev–Trinajstić information content (AvgIpc) is 3.36. The van der Waals surface area contributed by atoms with Crippen molar-refractivity contribution in [2.24, 2.45) is 0 Å². The lowest BCUT2D eigenvalue weighted by molar-refractivity contribution is -0.385. The number of methoxy groups -OCH3 is 1. The molecule has 10 nitrogen and oxygen atoms in total. The van der Waals surface area contributed by atoms with Crippen molar-refractivity contribution in [2.45, 2.75) is 37.6 Å². The third kappa shape index (κ3) is 4.34. The number of nitrogens with zero attached hydrogens (tertiary/aromatic N) is 3. The van der Waals surface area contributed by atoms with Crippen LogP contribution in [0, 0.1) is 10.1 Å². The van der Waals surface area contributed by atoms with Crippen molar-refractivity contribution in [1.29, 1.82) is 0 Å². The highest BCUT2D eigenvalue weighted by Crippen LogP contribution is 2.40. The Kier molecular flexibility index (Phi) is 6.58. The fourth-order valence-corrected chi connectivity index (χ4v) is 4.44. The van der Waals surface area contributed by atoms with Gasteiger partial charge in [-0.3, -0.25) is 29.7 Å². The number of nitrogens with one attached hydrogen (secondary N) is 2. The molecule has 0 spiro atoms. The lowest BCUT2D eigenvalue weighted by atomic mass is 9.78. The highest BCUT2D eigenvalue weighted by molar-refractivity contribution is 6.14. The SMILES string of the molecule is COc1ccc(N(C(=O)c2[nH]ncc2[N+](=O)[O-])C2(C(=O)Nc3ccccc3)CCCCC2)cc1. The summed E-state index contributed by atoms with van der Waals surface area (Å²) < 4.78 is 5.24. The summed E-state index contributed by atoms with van der Waals surface area (Å²) in [5.74, 6) is -0.459. The molecule has 1 saturated carbocycles. The molecule has 1 aromatic heterocycles. The van der Waals surface area contributed by atoms with Crippen LogP contribution < -0.4 is 15.0 Å². The summed E-state index contributed by atoms with van der Waals surface area (Å²) in [4.78, 5) is 40.0. The Hall–Kier alpha value is -4.21. The third-order valence-corrected chi connectivity index (χ3v) is 6.13. The summed E-state index contributed by atoms with van der Waals surface area (Å²) in [6.07, 6.45) is 4.20. The topological polar surface area (TPSA) is 130 Å². The Morgan fingerprint density at radius 2 is 1.76 bits per heavy atom. The number of anilines is 2. The molecule has 0 aliphatic heterocycles. The third-order valence-electron chi connectivity index (χ3n) is 6.13. The van der Waals surface area contributed by atoms with Crippen LogP contribution in [0.3, 0.4) is 0 Å². The van der Waals surface area contributed by atoms with Crippen LogP contribution in [-0.4, -0.2) is 39.6 Å². The quantitative estimate of drug-likeness (QED) is 0.396. The number of aromatic nitrogens is 2. The first-order valence-electron chi connectivity index (χ1n) is 11.0. The fraction of sp³-hybridized carbons (Fsp3) is 0.292. The van der Waals surface area contributed by atoms with E-state index in [2.05, 4.69) is 15.5 Å². The van der Waals surface area contributed by atoms with E-state index in [1.807, 2.05) is 18.2 Å². The second-order valence-electron chi connectivity index (χ2n) is 8.14. The molecule has 4 rings (SSSR count). The van der Waals surface area contributed by atoms with Crippen LogP contribution in [0.2, 0.25) is 0 Å². The Morgan fingerprint density at radius 1 is 1.09 bits per heavy atom. The Morgan fingerprint density at radius 3 is 2.38 bits per heavy atom. The summed E-state index contributed by atoms with van der Waals surface area (Å²) in [6, 6.07) is 15.7. The second kappa shape index (κ2) is 9.74. The Labute approximate surface area is 196 Å². The first-order valence-corrected chi connectivity index (χ1v) is 11.0. The highest BCUT2D eigenvalue weighted by Gasteiger charge is 2.49. The summed E-state index contributed by atoms with van der Waals surface area (Å²) in [7, 11) is 1.53. The number of aromatic amines is 1. The second-order valence-corrected chi connectivity index (χ2v) is 8.14. The molecule has 0 bridgehead atoms. The van der Waals surface area contributed by atoms with Crippen molar-refractivity contribution in [3.63, 3.8) is 0 Å². The number of nitro groups is 1. The molecule has 1 aliphatic carbocycles. The van der Waals surface area contributed by atoms with Gasteiger partial charge in [-0.25, -0.2) is 0 Å². The van der Waals surface area contributed by atoms with Crippen LogP contribution in [-0.2, 0) is 4.79 Å². The van der Waals surface area contributed by atoms with Gasteiger partial charge in [0.1, 0.15) is 17.5 Å². The molecule has 0 unspecified atom stereocenters. The molecule has 2 amide bonds. The molecule has 176 valence electrons. The van der Waals surface area contributed by atoms with Crippen molar-refractivity contribution in [1.82, 2.24) is 10.2 Å². The smallest absolute Gasteiger partial charge is 0.319 e. The highest BCUT2D eigenvalue weighted by atomic mass is 16.6. The van der Waals surface area contributed by atoms with Gasteiger partial charge in [0.15, 0.2) is 0 Å². The Bertz CT molecular complexity index is 1170. The van der Waals surface area contributed by atoms with Crippen molar-refractivity contribution < 1.29 is 19.2 Å². The van der Waals surface area contributed by atoms with Gasteiger partial charge in [0.25, 0.3) is 11.8 Å². The number of para-hydroxylation sites is 1. The van der Waals surface area contributed by atoms with Crippen LogP contribution in [0.15, 0.2) is 60.8 Å². The molecular formula is C24H25N5O5. The monoisotopic (exact) mass is 463 g/mol. The van der Waals surface area contributed by atoms with Gasteiger partial charge in [0, 0.05) is 11.4 Å². The molecule has 10 heteroatoms. The van der Waals surface area contributed by atoms with E-state index in [0.29, 0.717) is 30.0 Å². The average molecular weight is 463 g/mol. The summed E-state index contributed by atoms with van der Waals surface area (Å²) in [5, 5.41) is 20.7. The number of carbonyl (C=O) groups is 2. The minimum atomic E-state index is -1.25. The van der Waals surface area contributed by atoms with Crippen molar-refractivity contribution in [3.05, 3.63) is 76.6 Å². The number of carbonyl (C=O) groups excluding carboxylic acids is 2. The molecule has 1 aliphatic rings. The van der Waals surface area contributed by atoms with E-state index in [9.17, 15) is 19.7 Å². The number of hydrogen-bond donors (Lipinski definition) is 2. The fourth-order valence-electron chi connectivity index (χ4n) is 4.44. The lowest BCUT2D eigenvalue weighted by Gasteiger charge is -2.44. The van der Waals surface area contributed by atoms with E-state index in [0.717, 1.165) is 25.5 Å². The summed E-state index contributed by atoms with van der Waals surface area (Å²) >= 11 is 0. The molecule has 0 saturated heterocycles. The maximum absolute atomic E-state index is 13.9. The molecule has 2 N–H and O–H groups in total. The van der Waals surface area contributed by atoms with E-state index in [1.165, 1.54) is 12.0 Å². The molecule has 2 aromatic carbocycles. The van der Waals surface area contributed by atoms with E-state index in [-0.39, 0.29) is 11.6 Å². The number of rotatable bonds is 7. The van der Waals surface area contributed by atoms with Gasteiger partial charge in [-0.2, -0.15) is 5.10 Å². The lowest BCUT2D eigenvalue weighted by Crippen LogP contribution is -2.60. The van der Waals surface area contributed by atoms with E-state index >= 15 is 0 Å². The largest absolute Gasteiger partial charge is 0.497 e. The van der Waals surface area contributed by atoms with Gasteiger partial charge in [-0.05, 0) is 49.2 Å². The zero-order valence-corrected chi connectivity index (χ0v) is 18.7. The maximum atomic E-state index is 13.9. The first kappa shape index (κ1) is 23.0. The number of ether oxygens (including phenoxy) is 1. The molecule has 1 heterocycles. The standard InChI is InChI=1S/C24H25N5O5/c1-34-19-12-10-18(11-13-19)28(22(30)21-20(29(32)33)16-25-27-21)24(14-6-3-7-15-24)23(31)26-17-8-4-2-5-9-17/h2,4-5,8-13,16H,3,6-7,14-15H2,1H3,(H,25,27)(H,26,31). The zero-order valence-electron chi connectivity index (χ0n) is 18.7. The number of amides is 2. The minimum Gasteiger partial charge on any atom is -0.497 e. The van der Waals surface area contributed by atoms with Gasteiger partial charge < -0.3 is 10.1 Å². The number of hydrogen-bond acceptors (Lipinski definition) is 6. The minimum absolute atomic E-state index is 0.279. The summed E-state index contributed by atoms with van der Waals surface area (Å²) in [6.45, 7) is 0. The van der Waals surface area contributed by atoms with E-state index in [1.54, 1.807) is 36.4 Å². The van der Waals surface area contributed by atoms with E-state index in [4.69, 9.17) is 4.74 Å². The molecule has 0 radical (unpaired) electrons. The molecule has 3 aromatic rings. The van der Waals surface area contributed by atoms with Crippen LogP contribution in [0.1, 0.15) is 42.6 Å². The van der Waals surface area contributed by atoms with Crippen LogP contribution >= 0.6 is 0 Å². The van der Waals surface area contributed by atoms with Crippen LogP contribution in [0.25, 0.3) is 0 Å². The normalized spacial score (nSPS) is 14.7.